The van der Waals surface area contributed by atoms with Gasteiger partial charge in [-0.3, -0.25) is 0 Å². The third kappa shape index (κ3) is 4.37. The van der Waals surface area contributed by atoms with Crippen LogP contribution in [0.2, 0.25) is 0 Å². The summed E-state index contributed by atoms with van der Waals surface area (Å²) in [6.45, 7) is 9.25. The second-order valence-corrected chi connectivity index (χ2v) is 8.51. The highest BCUT2D eigenvalue weighted by Crippen LogP contribution is 2.45. The van der Waals surface area contributed by atoms with Crippen molar-refractivity contribution < 1.29 is 9.47 Å². The second kappa shape index (κ2) is 8.76. The lowest BCUT2D eigenvalue weighted by atomic mass is 9.73. The third-order valence-electron chi connectivity index (χ3n) is 5.67. The molecular formula is C24H34N2O2. The van der Waals surface area contributed by atoms with Crippen LogP contribution in [0.3, 0.4) is 0 Å². The predicted molar refractivity (Wildman–Crippen MR) is 118 cm³/mol. The molecular weight excluding hydrogens is 348 g/mol. The summed E-state index contributed by atoms with van der Waals surface area (Å²) in [5.74, 6) is 3.39. The Balaban J connectivity index is 2.03. The molecule has 28 heavy (non-hydrogen) atoms. The predicted octanol–water partition coefficient (Wildman–Crippen LogP) is 5.97. The molecule has 1 heterocycles. The van der Waals surface area contributed by atoms with E-state index < -0.39 is 0 Å². The number of benzene rings is 2. The van der Waals surface area contributed by atoms with Gasteiger partial charge in [-0.15, -0.1) is 0 Å². The normalized spacial score (nSPS) is 21.2. The summed E-state index contributed by atoms with van der Waals surface area (Å²) >= 11 is 0. The lowest BCUT2D eigenvalue weighted by Crippen LogP contribution is -2.44. The van der Waals surface area contributed by atoms with Gasteiger partial charge in [0, 0.05) is 35.5 Å². The first-order valence-electron chi connectivity index (χ1n) is 10.3. The quantitative estimate of drug-likeness (QED) is 0.619. The van der Waals surface area contributed by atoms with Crippen molar-refractivity contribution in [3.63, 3.8) is 0 Å². The van der Waals surface area contributed by atoms with Gasteiger partial charge in [0.05, 0.1) is 20.3 Å². The van der Waals surface area contributed by atoms with E-state index in [0.29, 0.717) is 23.8 Å². The number of fused-ring (bicyclic) bond motifs is 1. The van der Waals surface area contributed by atoms with Crippen LogP contribution in [0.1, 0.15) is 45.7 Å². The Morgan fingerprint density at radius 3 is 2.32 bits per heavy atom. The summed E-state index contributed by atoms with van der Waals surface area (Å²) in [5, 5.41) is 7.65. The summed E-state index contributed by atoms with van der Waals surface area (Å²) in [4.78, 5) is 0. The largest absolute Gasteiger partial charge is 0.497 e. The molecule has 0 fully saturated rings. The van der Waals surface area contributed by atoms with Crippen LogP contribution in [-0.4, -0.2) is 20.3 Å². The third-order valence-corrected chi connectivity index (χ3v) is 5.67. The Labute approximate surface area is 169 Å². The van der Waals surface area contributed by atoms with E-state index >= 15 is 0 Å². The smallest absolute Gasteiger partial charge is 0.120 e. The minimum Gasteiger partial charge on any atom is -0.497 e. The van der Waals surface area contributed by atoms with Crippen LogP contribution in [0.15, 0.2) is 42.5 Å². The van der Waals surface area contributed by atoms with E-state index in [-0.39, 0.29) is 6.04 Å². The second-order valence-electron chi connectivity index (χ2n) is 8.51. The zero-order valence-corrected chi connectivity index (χ0v) is 18.0. The first-order chi connectivity index (χ1) is 13.4. The average molecular weight is 383 g/mol. The average Bonchev–Trinajstić information content (AvgIpc) is 2.66. The van der Waals surface area contributed by atoms with Crippen LogP contribution in [0, 0.1) is 17.8 Å². The van der Waals surface area contributed by atoms with Crippen LogP contribution < -0.4 is 20.1 Å². The maximum Gasteiger partial charge on any atom is 0.120 e. The Hall–Kier alpha value is -2.36. The molecule has 1 aliphatic heterocycles. The van der Waals surface area contributed by atoms with Gasteiger partial charge in [-0.25, -0.2) is 0 Å². The summed E-state index contributed by atoms with van der Waals surface area (Å²) < 4.78 is 10.9. The van der Waals surface area contributed by atoms with Crippen molar-refractivity contribution in [2.45, 2.75) is 46.2 Å². The number of anilines is 2. The van der Waals surface area contributed by atoms with Crippen molar-refractivity contribution in [1.29, 1.82) is 0 Å². The summed E-state index contributed by atoms with van der Waals surface area (Å²) in [7, 11) is 3.43. The van der Waals surface area contributed by atoms with E-state index in [0.717, 1.165) is 23.6 Å². The zero-order chi connectivity index (χ0) is 20.3. The molecule has 0 aliphatic carbocycles. The number of hydrogen-bond acceptors (Lipinski definition) is 4. The minimum atomic E-state index is 0.220. The molecule has 0 unspecified atom stereocenters. The Morgan fingerprint density at radius 2 is 1.68 bits per heavy atom. The van der Waals surface area contributed by atoms with Gasteiger partial charge in [0.1, 0.15) is 11.5 Å². The summed E-state index contributed by atoms with van der Waals surface area (Å²) in [6, 6.07) is 15.2. The molecule has 152 valence electrons. The lowest BCUT2D eigenvalue weighted by molar-refractivity contribution is 0.259. The van der Waals surface area contributed by atoms with E-state index in [4.69, 9.17) is 9.47 Å². The minimum absolute atomic E-state index is 0.220. The topological polar surface area (TPSA) is 42.5 Å². The summed E-state index contributed by atoms with van der Waals surface area (Å²) in [6.07, 6.45) is 1.13. The maximum absolute atomic E-state index is 5.48. The van der Waals surface area contributed by atoms with Crippen LogP contribution >= 0.6 is 0 Å². The molecule has 0 bridgehead atoms. The molecule has 0 spiro atoms. The fourth-order valence-electron chi connectivity index (χ4n) is 4.43. The molecule has 0 radical (unpaired) electrons. The molecule has 2 aromatic carbocycles. The molecule has 0 aromatic heterocycles. The van der Waals surface area contributed by atoms with Gasteiger partial charge >= 0.3 is 0 Å². The number of methoxy groups -OCH3 is 2. The van der Waals surface area contributed by atoms with E-state index in [1.165, 1.54) is 11.3 Å². The molecule has 0 amide bonds. The van der Waals surface area contributed by atoms with Crippen LogP contribution in [-0.2, 0) is 0 Å². The standard InChI is InChI=1S/C24H34N2O2/c1-15(2)12-22-23(16(3)4)24(25-17-8-7-9-18(13-17)27-5)20-11-10-19(28-6)14-21(20)26-22/h7-11,13-16,22-26H,12H2,1-6H3/t22-,23-,24-/m0/s1. The van der Waals surface area contributed by atoms with Gasteiger partial charge < -0.3 is 20.1 Å². The molecule has 3 atom stereocenters. The zero-order valence-electron chi connectivity index (χ0n) is 18.0. The number of nitrogens with one attached hydrogen (secondary N) is 2. The molecule has 4 nitrogen and oxygen atoms in total. The Bertz CT molecular complexity index is 788. The molecule has 2 N–H and O–H groups in total. The molecule has 1 aliphatic rings. The van der Waals surface area contributed by atoms with Gasteiger partial charge in [-0.1, -0.05) is 39.8 Å². The summed E-state index contributed by atoms with van der Waals surface area (Å²) in [5.41, 5.74) is 3.55. The molecule has 2 aromatic rings. The monoisotopic (exact) mass is 382 g/mol. The fraction of sp³-hybridized carbons (Fsp3) is 0.500. The van der Waals surface area contributed by atoms with Crippen LogP contribution in [0.25, 0.3) is 0 Å². The van der Waals surface area contributed by atoms with Crippen molar-refractivity contribution in [1.82, 2.24) is 0 Å². The van der Waals surface area contributed by atoms with Crippen LogP contribution in [0.4, 0.5) is 11.4 Å². The molecule has 0 saturated heterocycles. The Kier molecular flexibility index (Phi) is 6.38. The van der Waals surface area contributed by atoms with Gasteiger partial charge in [0.25, 0.3) is 0 Å². The number of hydrogen-bond donors (Lipinski definition) is 2. The van der Waals surface area contributed by atoms with Crippen molar-refractivity contribution in [3.8, 4) is 11.5 Å². The molecule has 0 saturated carbocycles. The van der Waals surface area contributed by atoms with Gasteiger partial charge in [0.15, 0.2) is 0 Å². The van der Waals surface area contributed by atoms with Crippen LogP contribution in [0.5, 0.6) is 11.5 Å². The lowest BCUT2D eigenvalue weighted by Gasteiger charge is -2.44. The first-order valence-corrected chi connectivity index (χ1v) is 10.3. The maximum atomic E-state index is 5.48. The Morgan fingerprint density at radius 1 is 0.964 bits per heavy atom. The first kappa shape index (κ1) is 20.4. The fourth-order valence-corrected chi connectivity index (χ4v) is 4.43. The van der Waals surface area contributed by atoms with Crippen molar-refractivity contribution in [3.05, 3.63) is 48.0 Å². The number of rotatable bonds is 7. The van der Waals surface area contributed by atoms with Gasteiger partial charge in [-0.05, 0) is 42.0 Å². The van der Waals surface area contributed by atoms with Gasteiger partial charge in [-0.2, -0.15) is 0 Å². The van der Waals surface area contributed by atoms with E-state index in [1.54, 1.807) is 14.2 Å². The van der Waals surface area contributed by atoms with E-state index in [1.807, 2.05) is 12.1 Å². The van der Waals surface area contributed by atoms with E-state index in [9.17, 15) is 0 Å². The van der Waals surface area contributed by atoms with Crippen molar-refractivity contribution >= 4 is 11.4 Å². The highest BCUT2D eigenvalue weighted by Gasteiger charge is 2.38. The molecule has 3 rings (SSSR count). The molecule has 4 heteroatoms. The van der Waals surface area contributed by atoms with E-state index in [2.05, 4.69) is 68.7 Å². The number of ether oxygens (including phenoxy) is 2. The van der Waals surface area contributed by atoms with Crippen molar-refractivity contribution in [2.75, 3.05) is 24.9 Å². The van der Waals surface area contributed by atoms with Crippen molar-refractivity contribution in [2.24, 2.45) is 17.8 Å². The highest BCUT2D eigenvalue weighted by atomic mass is 16.5. The SMILES string of the molecule is COc1cccc(N[C@H]2c3ccc(OC)cc3N[C@@H](CC(C)C)[C@@H]2C(C)C)c1. The highest BCUT2D eigenvalue weighted by molar-refractivity contribution is 5.62. The van der Waals surface area contributed by atoms with Gasteiger partial charge in [0.2, 0.25) is 0 Å².